The van der Waals surface area contributed by atoms with Crippen LogP contribution in [-0.4, -0.2) is 25.6 Å². The van der Waals surface area contributed by atoms with Crippen LogP contribution < -0.4 is 5.32 Å². The maximum Gasteiger partial charge on any atom is 0.298 e. The molecule has 1 amide bonds. The number of carbonyl (C=O) groups excluding carboxylic acids is 2. The number of nitrogens with zero attached hydrogens (tertiary/aromatic N) is 3. The summed E-state index contributed by atoms with van der Waals surface area (Å²) in [4.78, 5) is 31.8. The summed E-state index contributed by atoms with van der Waals surface area (Å²) in [6.45, 7) is 8.49. The molecule has 6 heteroatoms. The Kier molecular flexibility index (Phi) is 6.49. The summed E-state index contributed by atoms with van der Waals surface area (Å²) in [7, 11) is 2.01. The maximum atomic E-state index is 13.6. The van der Waals surface area contributed by atoms with E-state index in [9.17, 15) is 9.59 Å². The minimum Gasteiger partial charge on any atom is -0.337 e. The number of hydrogen-bond acceptors (Lipinski definition) is 3. The lowest BCUT2D eigenvalue weighted by Gasteiger charge is -2.24. The van der Waals surface area contributed by atoms with Crippen LogP contribution in [0.25, 0.3) is 16.6 Å². The molecule has 3 heterocycles. The molecule has 0 fully saturated rings. The third-order valence-corrected chi connectivity index (χ3v) is 7.10. The molecule has 5 rings (SSSR count). The Bertz CT molecular complexity index is 1640. The van der Waals surface area contributed by atoms with Gasteiger partial charge in [0.15, 0.2) is 0 Å². The van der Waals surface area contributed by atoms with Crippen molar-refractivity contribution in [2.75, 3.05) is 5.32 Å². The molecule has 6 nitrogen and oxygen atoms in total. The molecule has 0 atom stereocenters. The SMILES string of the molecule is CC(C)c1nc(C(C)(C)c2cccc(NC(=O)C(=O)c3c(-c4ccccc4)cc4ccccn34)c2)cn1C. The van der Waals surface area contributed by atoms with Gasteiger partial charge in [-0.1, -0.05) is 76.2 Å². The Labute approximate surface area is 223 Å². The van der Waals surface area contributed by atoms with E-state index in [1.165, 1.54) is 0 Å². The molecule has 1 N–H and O–H groups in total. The van der Waals surface area contributed by atoms with Gasteiger partial charge in [0, 0.05) is 47.5 Å². The number of carbonyl (C=O) groups is 2. The summed E-state index contributed by atoms with van der Waals surface area (Å²) >= 11 is 0. The molecule has 192 valence electrons. The van der Waals surface area contributed by atoms with Crippen molar-refractivity contribution in [1.82, 2.24) is 14.0 Å². The highest BCUT2D eigenvalue weighted by Crippen LogP contribution is 2.33. The number of Topliss-reactive ketones (excluding diaryl/α,β-unsaturated/α-hetero) is 1. The topological polar surface area (TPSA) is 68.4 Å². The number of amides is 1. The number of rotatable bonds is 7. The highest BCUT2D eigenvalue weighted by molar-refractivity contribution is 6.47. The number of fused-ring (bicyclic) bond motifs is 1. The monoisotopic (exact) mass is 504 g/mol. The van der Waals surface area contributed by atoms with Gasteiger partial charge in [0.25, 0.3) is 11.7 Å². The van der Waals surface area contributed by atoms with E-state index >= 15 is 0 Å². The Morgan fingerprint density at radius 3 is 2.37 bits per heavy atom. The van der Waals surface area contributed by atoms with Crippen LogP contribution in [0.2, 0.25) is 0 Å². The summed E-state index contributed by atoms with van der Waals surface area (Å²) in [5, 5.41) is 2.84. The van der Waals surface area contributed by atoms with Crippen LogP contribution in [0.3, 0.4) is 0 Å². The summed E-state index contributed by atoms with van der Waals surface area (Å²) in [6, 6.07) is 24.9. The number of ketones is 1. The molecule has 0 spiro atoms. The van der Waals surface area contributed by atoms with Crippen molar-refractivity contribution in [3.8, 4) is 11.1 Å². The Balaban J connectivity index is 1.46. The van der Waals surface area contributed by atoms with Crippen molar-refractivity contribution >= 4 is 22.9 Å². The molecular weight excluding hydrogens is 472 g/mol. The minimum absolute atomic E-state index is 0.312. The third kappa shape index (κ3) is 4.54. The van der Waals surface area contributed by atoms with E-state index in [0.29, 0.717) is 17.3 Å². The van der Waals surface area contributed by atoms with E-state index in [-0.39, 0.29) is 0 Å². The zero-order valence-corrected chi connectivity index (χ0v) is 22.4. The summed E-state index contributed by atoms with van der Waals surface area (Å²) < 4.78 is 3.84. The van der Waals surface area contributed by atoms with Gasteiger partial charge in [-0.05, 0) is 41.5 Å². The second-order valence-electron chi connectivity index (χ2n) is 10.5. The second-order valence-corrected chi connectivity index (χ2v) is 10.5. The molecule has 3 aromatic heterocycles. The first-order valence-corrected chi connectivity index (χ1v) is 12.8. The highest BCUT2D eigenvalue weighted by Gasteiger charge is 2.29. The second kappa shape index (κ2) is 9.78. The van der Waals surface area contributed by atoms with E-state index in [1.807, 2.05) is 86.0 Å². The summed E-state index contributed by atoms with van der Waals surface area (Å²) in [5.74, 6) is 0.0656. The van der Waals surface area contributed by atoms with E-state index < -0.39 is 17.1 Å². The van der Waals surface area contributed by atoms with Crippen LogP contribution in [0, 0.1) is 0 Å². The fraction of sp³-hybridized carbons (Fsp3) is 0.219. The van der Waals surface area contributed by atoms with Crippen molar-refractivity contribution in [2.45, 2.75) is 39.0 Å². The van der Waals surface area contributed by atoms with Crippen LogP contribution in [0.1, 0.15) is 61.2 Å². The van der Waals surface area contributed by atoms with Gasteiger partial charge in [0.2, 0.25) is 0 Å². The molecule has 0 aliphatic carbocycles. The molecule has 0 radical (unpaired) electrons. The quantitative estimate of drug-likeness (QED) is 0.200. The summed E-state index contributed by atoms with van der Waals surface area (Å²) in [6.07, 6.45) is 3.87. The normalized spacial score (nSPS) is 11.7. The van der Waals surface area contributed by atoms with Gasteiger partial charge in [0.05, 0.1) is 5.69 Å². The zero-order valence-electron chi connectivity index (χ0n) is 22.4. The van der Waals surface area contributed by atoms with Crippen LogP contribution in [-0.2, 0) is 17.3 Å². The number of aryl methyl sites for hydroxylation is 1. The number of pyridine rings is 1. The van der Waals surface area contributed by atoms with Crippen LogP contribution in [0.4, 0.5) is 5.69 Å². The standard InChI is InChI=1S/C32H32N4O2/c1-21(2)30-34-27(20-35(30)5)32(3,4)23-14-11-15-24(18-23)33-31(38)29(37)28-26(22-12-7-6-8-13-22)19-25-16-9-10-17-36(25)28/h6-21H,1-5H3,(H,33,38). The first-order valence-electron chi connectivity index (χ1n) is 12.8. The number of anilines is 1. The number of nitrogens with one attached hydrogen (secondary N) is 1. The number of benzene rings is 2. The average Bonchev–Trinajstić information content (AvgIpc) is 3.50. The van der Waals surface area contributed by atoms with Crippen molar-refractivity contribution < 1.29 is 9.59 Å². The lowest BCUT2D eigenvalue weighted by molar-refractivity contribution is -0.112. The van der Waals surface area contributed by atoms with Gasteiger partial charge >= 0.3 is 0 Å². The first kappa shape index (κ1) is 25.2. The van der Waals surface area contributed by atoms with Gasteiger partial charge in [0.1, 0.15) is 11.5 Å². The van der Waals surface area contributed by atoms with E-state index in [4.69, 9.17) is 4.98 Å². The predicted molar refractivity (Wildman–Crippen MR) is 152 cm³/mol. The van der Waals surface area contributed by atoms with Crippen LogP contribution in [0.15, 0.2) is 91.3 Å². The lowest BCUT2D eigenvalue weighted by Crippen LogP contribution is -2.25. The Morgan fingerprint density at radius 2 is 1.66 bits per heavy atom. The molecule has 0 bridgehead atoms. The molecule has 0 aliphatic heterocycles. The van der Waals surface area contributed by atoms with Crippen molar-refractivity contribution in [1.29, 1.82) is 0 Å². The highest BCUT2D eigenvalue weighted by atomic mass is 16.2. The molecular formula is C32H32N4O2. The molecule has 0 aliphatic rings. The van der Waals surface area contributed by atoms with Crippen LogP contribution >= 0.6 is 0 Å². The lowest BCUT2D eigenvalue weighted by atomic mass is 9.81. The molecule has 5 aromatic rings. The number of aromatic nitrogens is 3. The number of imidazole rings is 1. The van der Waals surface area contributed by atoms with Crippen molar-refractivity contribution in [2.24, 2.45) is 7.05 Å². The van der Waals surface area contributed by atoms with Gasteiger partial charge in [-0.2, -0.15) is 0 Å². The molecule has 0 saturated heterocycles. The van der Waals surface area contributed by atoms with Crippen molar-refractivity contribution in [3.63, 3.8) is 0 Å². The molecule has 0 saturated carbocycles. The van der Waals surface area contributed by atoms with E-state index in [0.717, 1.165) is 33.7 Å². The third-order valence-electron chi connectivity index (χ3n) is 7.10. The maximum absolute atomic E-state index is 13.6. The van der Waals surface area contributed by atoms with Crippen molar-refractivity contribution in [3.05, 3.63) is 114 Å². The van der Waals surface area contributed by atoms with E-state index in [2.05, 4.69) is 43.8 Å². The fourth-order valence-electron chi connectivity index (χ4n) is 4.94. The first-order chi connectivity index (χ1) is 18.2. The van der Waals surface area contributed by atoms with Gasteiger partial charge in [-0.25, -0.2) is 4.98 Å². The average molecular weight is 505 g/mol. The van der Waals surface area contributed by atoms with Crippen LogP contribution in [0.5, 0.6) is 0 Å². The minimum atomic E-state index is -0.680. The molecule has 2 aromatic carbocycles. The zero-order chi connectivity index (χ0) is 27.0. The number of hydrogen-bond donors (Lipinski definition) is 1. The Hall–Kier alpha value is -4.45. The largest absolute Gasteiger partial charge is 0.337 e. The predicted octanol–water partition coefficient (Wildman–Crippen LogP) is 6.61. The van der Waals surface area contributed by atoms with Gasteiger partial charge in [-0.15, -0.1) is 0 Å². The molecule has 0 unspecified atom stereocenters. The van der Waals surface area contributed by atoms with Gasteiger partial charge in [-0.3, -0.25) is 9.59 Å². The van der Waals surface area contributed by atoms with E-state index in [1.54, 1.807) is 10.5 Å². The molecule has 38 heavy (non-hydrogen) atoms. The smallest absolute Gasteiger partial charge is 0.298 e. The van der Waals surface area contributed by atoms with Gasteiger partial charge < -0.3 is 14.3 Å². The summed E-state index contributed by atoms with van der Waals surface area (Å²) in [5.41, 5.74) is 4.92. The fourth-order valence-corrected chi connectivity index (χ4v) is 4.94. The Morgan fingerprint density at radius 1 is 0.921 bits per heavy atom.